The lowest BCUT2D eigenvalue weighted by atomic mass is 9.68. The van der Waals surface area contributed by atoms with Crippen molar-refractivity contribution in [2.45, 2.75) is 44.4 Å². The lowest BCUT2D eigenvalue weighted by Gasteiger charge is -2.41. The molecule has 1 saturated carbocycles. The van der Waals surface area contributed by atoms with Crippen molar-refractivity contribution in [1.29, 1.82) is 0 Å². The largest absolute Gasteiger partial charge is 0.390 e. The zero-order chi connectivity index (χ0) is 20.8. The molecule has 3 aromatic heterocycles. The summed E-state index contributed by atoms with van der Waals surface area (Å²) in [5, 5.41) is 22.4. The van der Waals surface area contributed by atoms with Crippen LogP contribution in [0.25, 0.3) is 21.3 Å². The fourth-order valence-corrected chi connectivity index (χ4v) is 5.38. The van der Waals surface area contributed by atoms with Crippen molar-refractivity contribution in [3.05, 3.63) is 47.9 Å². The molecule has 0 radical (unpaired) electrons. The molecule has 30 heavy (non-hydrogen) atoms. The van der Waals surface area contributed by atoms with Gasteiger partial charge in [-0.1, -0.05) is 6.07 Å². The molecule has 3 atom stereocenters. The molecular formula is C22H25N5O2S. The third-order valence-corrected chi connectivity index (χ3v) is 7.29. The van der Waals surface area contributed by atoms with Crippen LogP contribution in [0, 0.1) is 11.8 Å². The van der Waals surface area contributed by atoms with Crippen LogP contribution in [0.5, 0.6) is 0 Å². The molecule has 0 spiro atoms. The van der Waals surface area contributed by atoms with E-state index in [0.717, 1.165) is 30.2 Å². The summed E-state index contributed by atoms with van der Waals surface area (Å²) in [6.45, 7) is 1.89. The Morgan fingerprint density at radius 1 is 1.20 bits per heavy atom. The van der Waals surface area contributed by atoms with E-state index in [1.54, 1.807) is 11.3 Å². The van der Waals surface area contributed by atoms with E-state index in [9.17, 15) is 10.2 Å². The second-order valence-electron chi connectivity index (χ2n) is 8.40. The summed E-state index contributed by atoms with van der Waals surface area (Å²) in [4.78, 5) is 12.6. The first-order valence-corrected chi connectivity index (χ1v) is 11.1. The number of thiazole rings is 1. The number of nitrogens with two attached hydrogens (primary N) is 1. The average Bonchev–Trinajstić information content (AvgIpc) is 3.36. The molecule has 3 heterocycles. The highest BCUT2D eigenvalue weighted by molar-refractivity contribution is 7.16. The van der Waals surface area contributed by atoms with Crippen LogP contribution in [0.1, 0.15) is 31.4 Å². The molecule has 1 aliphatic carbocycles. The molecular weight excluding hydrogens is 398 g/mol. The highest BCUT2D eigenvalue weighted by Gasteiger charge is 2.39. The first kappa shape index (κ1) is 19.4. The second kappa shape index (κ2) is 7.61. The molecule has 1 aromatic carbocycles. The lowest BCUT2D eigenvalue weighted by molar-refractivity contribution is -0.0723. The van der Waals surface area contributed by atoms with E-state index in [1.165, 1.54) is 16.6 Å². The van der Waals surface area contributed by atoms with Crippen molar-refractivity contribution in [2.24, 2.45) is 11.8 Å². The fraction of sp³-hybridized carbons (Fsp3) is 0.409. The van der Waals surface area contributed by atoms with Crippen molar-refractivity contribution < 1.29 is 10.2 Å². The first-order chi connectivity index (χ1) is 14.5. The second-order valence-corrected chi connectivity index (χ2v) is 9.28. The van der Waals surface area contributed by atoms with Crippen LogP contribution in [-0.4, -0.2) is 41.9 Å². The number of anilines is 1. The van der Waals surface area contributed by atoms with Crippen molar-refractivity contribution in [1.82, 2.24) is 19.5 Å². The van der Waals surface area contributed by atoms with Gasteiger partial charge in [0, 0.05) is 6.20 Å². The number of rotatable bonds is 6. The molecule has 8 heteroatoms. The monoisotopic (exact) mass is 423 g/mol. The van der Waals surface area contributed by atoms with Gasteiger partial charge in [0.05, 0.1) is 33.3 Å². The average molecular weight is 424 g/mol. The van der Waals surface area contributed by atoms with E-state index in [2.05, 4.69) is 33.2 Å². The minimum Gasteiger partial charge on any atom is -0.390 e. The van der Waals surface area contributed by atoms with Gasteiger partial charge in [0.15, 0.2) is 0 Å². The molecule has 4 N–H and O–H groups in total. The Morgan fingerprint density at radius 2 is 2.03 bits per heavy atom. The Morgan fingerprint density at radius 3 is 2.87 bits per heavy atom. The summed E-state index contributed by atoms with van der Waals surface area (Å²) in [5.41, 5.74) is 10.8. The Balaban J connectivity index is 1.22. The molecule has 156 valence electrons. The predicted molar refractivity (Wildman–Crippen MR) is 118 cm³/mol. The highest BCUT2D eigenvalue weighted by Crippen LogP contribution is 2.41. The molecule has 0 bridgehead atoms. The van der Waals surface area contributed by atoms with Gasteiger partial charge in [0.1, 0.15) is 23.9 Å². The maximum Gasteiger partial charge on any atom is 0.145 e. The number of nitrogen functional groups attached to an aromatic ring is 1. The first-order valence-electron chi connectivity index (χ1n) is 10.3. The van der Waals surface area contributed by atoms with E-state index < -0.39 is 12.2 Å². The Bertz CT molecular complexity index is 1180. The smallest absolute Gasteiger partial charge is 0.145 e. The summed E-state index contributed by atoms with van der Waals surface area (Å²) >= 11 is 1.66. The van der Waals surface area contributed by atoms with E-state index in [1.807, 2.05) is 29.3 Å². The van der Waals surface area contributed by atoms with E-state index in [-0.39, 0.29) is 12.0 Å². The number of benzene rings is 1. The predicted octanol–water partition coefficient (Wildman–Crippen LogP) is 3.17. The maximum atomic E-state index is 10.8. The van der Waals surface area contributed by atoms with Gasteiger partial charge >= 0.3 is 0 Å². The molecule has 1 fully saturated rings. The quantitative estimate of drug-likeness (QED) is 0.439. The minimum absolute atomic E-state index is 0.112. The van der Waals surface area contributed by atoms with E-state index >= 15 is 0 Å². The van der Waals surface area contributed by atoms with E-state index in [0.29, 0.717) is 17.4 Å². The van der Waals surface area contributed by atoms with Gasteiger partial charge in [0.2, 0.25) is 0 Å². The molecule has 1 aliphatic rings. The number of aliphatic hydroxyl groups excluding tert-OH is 2. The SMILES string of the molecule is C[C@H]([C@H](O)[C@H](O)C1CC(Cc2ccc3ncsc3c2)C1)n1ccc2c(N)ncnc21. The molecule has 5 rings (SSSR count). The van der Waals surface area contributed by atoms with Crippen LogP contribution in [0.3, 0.4) is 0 Å². The number of hydrogen-bond acceptors (Lipinski definition) is 7. The topological polar surface area (TPSA) is 110 Å². The molecule has 0 unspecified atom stereocenters. The van der Waals surface area contributed by atoms with Gasteiger partial charge in [0.25, 0.3) is 0 Å². The van der Waals surface area contributed by atoms with Crippen LogP contribution in [-0.2, 0) is 6.42 Å². The summed E-state index contributed by atoms with van der Waals surface area (Å²) in [6.07, 6.45) is 4.47. The van der Waals surface area contributed by atoms with Gasteiger partial charge in [-0.15, -0.1) is 11.3 Å². The third kappa shape index (κ3) is 3.34. The summed E-state index contributed by atoms with van der Waals surface area (Å²) in [6, 6.07) is 7.97. The van der Waals surface area contributed by atoms with E-state index in [4.69, 9.17) is 5.73 Å². The number of hydrogen-bond donors (Lipinski definition) is 3. The summed E-state index contributed by atoms with van der Waals surface area (Å²) in [7, 11) is 0. The van der Waals surface area contributed by atoms with Crippen LogP contribution in [0.2, 0.25) is 0 Å². The van der Waals surface area contributed by atoms with Crippen LogP contribution in [0.4, 0.5) is 5.82 Å². The number of fused-ring (bicyclic) bond motifs is 2. The zero-order valence-corrected chi connectivity index (χ0v) is 17.5. The Hall–Kier alpha value is -2.55. The molecule has 0 aliphatic heterocycles. The van der Waals surface area contributed by atoms with Crippen molar-refractivity contribution >= 4 is 38.4 Å². The summed E-state index contributed by atoms with van der Waals surface area (Å²) in [5.74, 6) is 1.07. The van der Waals surface area contributed by atoms with Crippen LogP contribution < -0.4 is 5.73 Å². The zero-order valence-electron chi connectivity index (χ0n) is 16.7. The third-order valence-electron chi connectivity index (χ3n) is 6.50. The fourth-order valence-electron chi connectivity index (χ4n) is 4.64. The minimum atomic E-state index is -0.878. The maximum absolute atomic E-state index is 10.8. The van der Waals surface area contributed by atoms with Crippen LogP contribution >= 0.6 is 11.3 Å². The number of nitrogens with zero attached hydrogens (tertiary/aromatic N) is 4. The Kier molecular flexibility index (Phi) is 4.92. The van der Waals surface area contributed by atoms with Gasteiger partial charge in [-0.25, -0.2) is 15.0 Å². The number of aliphatic hydroxyl groups is 2. The Labute approximate surface area is 178 Å². The van der Waals surface area contributed by atoms with Gasteiger partial charge in [-0.2, -0.15) is 0 Å². The molecule has 7 nitrogen and oxygen atoms in total. The normalized spacial score (nSPS) is 22.1. The number of aromatic nitrogens is 4. The van der Waals surface area contributed by atoms with Gasteiger partial charge < -0.3 is 20.5 Å². The highest BCUT2D eigenvalue weighted by atomic mass is 32.1. The van der Waals surface area contributed by atoms with Crippen molar-refractivity contribution in [3.63, 3.8) is 0 Å². The van der Waals surface area contributed by atoms with Gasteiger partial charge in [-0.3, -0.25) is 0 Å². The molecule has 0 saturated heterocycles. The van der Waals surface area contributed by atoms with Crippen LogP contribution in [0.15, 0.2) is 42.3 Å². The molecule has 4 aromatic rings. The van der Waals surface area contributed by atoms with Crippen molar-refractivity contribution in [3.8, 4) is 0 Å². The standard InChI is InChI=1S/C22H25N5O2S/c1-12(27-5-4-16-21(23)24-10-25-22(16)27)19(28)20(29)15-7-14(8-15)6-13-2-3-17-18(9-13)30-11-26-17/h2-5,9-12,14-15,19-20,28-29H,6-8H2,1H3,(H2,23,24,25)/t12-,14?,15?,19+,20-/m1/s1. The summed E-state index contributed by atoms with van der Waals surface area (Å²) < 4.78 is 3.08. The lowest BCUT2D eigenvalue weighted by Crippen LogP contribution is -2.44. The van der Waals surface area contributed by atoms with Crippen molar-refractivity contribution in [2.75, 3.05) is 5.73 Å². The molecule has 0 amide bonds. The van der Waals surface area contributed by atoms with Gasteiger partial charge in [-0.05, 0) is 61.8 Å².